The Morgan fingerprint density at radius 2 is 1.79 bits per heavy atom. The molecule has 1 aliphatic heterocycles. The molecule has 3 aromatic carbocycles. The summed E-state index contributed by atoms with van der Waals surface area (Å²) < 4.78 is 48.6. The van der Waals surface area contributed by atoms with Gasteiger partial charge in [0, 0.05) is 45.4 Å². The first kappa shape index (κ1) is 32.5. The Labute approximate surface area is 256 Å². The molecule has 1 heterocycles. The number of nitrogens with zero attached hydrogens (tertiary/aromatic N) is 1. The SMILES string of the molecule is CCC(Oc1ccc(F)cc1)N1CCC(OC)(OC)C(OCc2cc(Cl)c(NC(=O)OCc3ccccc3)cc2OC)C1. The maximum Gasteiger partial charge on any atom is 0.412 e. The molecule has 4 rings (SSSR count). The minimum absolute atomic E-state index is 0.125. The number of nitrogens with one attached hydrogen (secondary N) is 1. The second-order valence-corrected chi connectivity index (χ2v) is 10.4. The van der Waals surface area contributed by atoms with E-state index in [0.717, 1.165) is 5.56 Å². The molecule has 0 radical (unpaired) electrons. The van der Waals surface area contributed by atoms with E-state index in [-0.39, 0.29) is 25.3 Å². The summed E-state index contributed by atoms with van der Waals surface area (Å²) in [6, 6.07) is 18.7. The van der Waals surface area contributed by atoms with Crippen molar-refractivity contribution in [2.75, 3.05) is 39.7 Å². The number of likely N-dealkylation sites (tertiary alicyclic amines) is 1. The first-order chi connectivity index (χ1) is 20.8. The fourth-order valence-electron chi connectivity index (χ4n) is 5.03. The van der Waals surface area contributed by atoms with Gasteiger partial charge in [-0.2, -0.15) is 0 Å². The molecule has 9 nitrogen and oxygen atoms in total. The number of hydrogen-bond acceptors (Lipinski definition) is 8. The molecule has 1 aliphatic rings. The Morgan fingerprint density at radius 3 is 2.44 bits per heavy atom. The molecule has 43 heavy (non-hydrogen) atoms. The molecular weight excluding hydrogens is 579 g/mol. The van der Waals surface area contributed by atoms with Crippen molar-refractivity contribution in [2.45, 2.75) is 51.1 Å². The monoisotopic (exact) mass is 616 g/mol. The van der Waals surface area contributed by atoms with Crippen LogP contribution < -0.4 is 14.8 Å². The van der Waals surface area contributed by atoms with Crippen LogP contribution in [-0.4, -0.2) is 63.5 Å². The topological polar surface area (TPSA) is 87.7 Å². The highest BCUT2D eigenvalue weighted by molar-refractivity contribution is 6.33. The van der Waals surface area contributed by atoms with Crippen LogP contribution in [0.2, 0.25) is 5.02 Å². The highest BCUT2D eigenvalue weighted by Gasteiger charge is 2.46. The van der Waals surface area contributed by atoms with Crippen molar-refractivity contribution >= 4 is 23.4 Å². The summed E-state index contributed by atoms with van der Waals surface area (Å²) in [6.45, 7) is 3.37. The Morgan fingerprint density at radius 1 is 1.07 bits per heavy atom. The van der Waals surface area contributed by atoms with Crippen molar-refractivity contribution in [1.29, 1.82) is 0 Å². The van der Waals surface area contributed by atoms with Gasteiger partial charge in [0.1, 0.15) is 30.0 Å². The number of amides is 1. The number of hydrogen-bond donors (Lipinski definition) is 1. The maximum atomic E-state index is 13.4. The summed E-state index contributed by atoms with van der Waals surface area (Å²) in [6.07, 6.45) is -0.185. The average molecular weight is 617 g/mol. The number of methoxy groups -OCH3 is 3. The highest BCUT2D eigenvalue weighted by Crippen LogP contribution is 2.35. The molecule has 1 amide bonds. The summed E-state index contributed by atoms with van der Waals surface area (Å²) >= 11 is 6.54. The van der Waals surface area contributed by atoms with Gasteiger partial charge >= 0.3 is 6.09 Å². The Balaban J connectivity index is 1.44. The van der Waals surface area contributed by atoms with Crippen LogP contribution in [0, 0.1) is 5.82 Å². The van der Waals surface area contributed by atoms with Gasteiger partial charge in [-0.05, 0) is 42.3 Å². The molecule has 0 aliphatic carbocycles. The van der Waals surface area contributed by atoms with Crippen molar-refractivity contribution in [1.82, 2.24) is 4.90 Å². The summed E-state index contributed by atoms with van der Waals surface area (Å²) in [5.74, 6) is -0.245. The molecular formula is C32H38ClFN2O7. The predicted molar refractivity (Wildman–Crippen MR) is 161 cm³/mol. The van der Waals surface area contributed by atoms with Gasteiger partial charge in [0.15, 0.2) is 12.0 Å². The molecule has 1 fully saturated rings. The van der Waals surface area contributed by atoms with E-state index in [0.29, 0.717) is 53.7 Å². The maximum absolute atomic E-state index is 13.4. The first-order valence-electron chi connectivity index (χ1n) is 14.0. The normalized spacial score (nSPS) is 17.2. The minimum atomic E-state index is -0.980. The van der Waals surface area contributed by atoms with E-state index >= 15 is 0 Å². The minimum Gasteiger partial charge on any atom is -0.496 e. The number of carbonyl (C=O) groups is 1. The molecule has 0 spiro atoms. The van der Waals surface area contributed by atoms with Gasteiger partial charge in [-0.3, -0.25) is 10.2 Å². The Kier molecular flexibility index (Phi) is 11.6. The van der Waals surface area contributed by atoms with Crippen LogP contribution in [0.3, 0.4) is 0 Å². The van der Waals surface area contributed by atoms with Gasteiger partial charge in [-0.15, -0.1) is 0 Å². The van der Waals surface area contributed by atoms with Crippen molar-refractivity contribution in [2.24, 2.45) is 0 Å². The first-order valence-corrected chi connectivity index (χ1v) is 14.4. The van der Waals surface area contributed by atoms with Crippen LogP contribution in [0.15, 0.2) is 66.7 Å². The molecule has 1 N–H and O–H groups in total. The number of carbonyl (C=O) groups excluding carboxylic acids is 1. The second kappa shape index (κ2) is 15.4. The van der Waals surface area contributed by atoms with Gasteiger partial charge < -0.3 is 28.4 Å². The Bertz CT molecular complexity index is 1330. The second-order valence-electron chi connectivity index (χ2n) is 10.0. The van der Waals surface area contributed by atoms with Crippen molar-refractivity contribution < 1.29 is 37.6 Å². The van der Waals surface area contributed by atoms with Crippen LogP contribution in [0.5, 0.6) is 11.5 Å². The molecule has 1 saturated heterocycles. The third kappa shape index (κ3) is 8.36. The quantitative estimate of drug-likeness (QED) is 0.214. The lowest BCUT2D eigenvalue weighted by Crippen LogP contribution is -2.61. The molecule has 0 saturated carbocycles. The third-order valence-corrected chi connectivity index (χ3v) is 7.74. The fourth-order valence-corrected chi connectivity index (χ4v) is 5.27. The van der Waals surface area contributed by atoms with E-state index < -0.39 is 18.0 Å². The molecule has 232 valence electrons. The predicted octanol–water partition coefficient (Wildman–Crippen LogP) is 6.63. The van der Waals surface area contributed by atoms with Gasteiger partial charge in [0.2, 0.25) is 0 Å². The van der Waals surface area contributed by atoms with E-state index in [1.54, 1.807) is 38.5 Å². The van der Waals surface area contributed by atoms with Crippen LogP contribution in [0.4, 0.5) is 14.9 Å². The zero-order chi connectivity index (χ0) is 30.8. The molecule has 0 aromatic heterocycles. The summed E-state index contributed by atoms with van der Waals surface area (Å²) in [5.41, 5.74) is 1.88. The van der Waals surface area contributed by atoms with Gasteiger partial charge in [-0.1, -0.05) is 48.9 Å². The molecule has 2 atom stereocenters. The van der Waals surface area contributed by atoms with E-state index in [9.17, 15) is 9.18 Å². The lowest BCUT2D eigenvalue weighted by Gasteiger charge is -2.47. The summed E-state index contributed by atoms with van der Waals surface area (Å²) in [5, 5.41) is 2.97. The van der Waals surface area contributed by atoms with Crippen LogP contribution in [0.25, 0.3) is 0 Å². The van der Waals surface area contributed by atoms with E-state index in [1.807, 2.05) is 37.3 Å². The number of anilines is 1. The molecule has 0 bridgehead atoms. The highest BCUT2D eigenvalue weighted by atomic mass is 35.5. The van der Waals surface area contributed by atoms with Gasteiger partial charge in [-0.25, -0.2) is 9.18 Å². The van der Waals surface area contributed by atoms with E-state index in [4.69, 9.17) is 40.0 Å². The zero-order valence-corrected chi connectivity index (χ0v) is 25.6. The number of piperidine rings is 1. The molecule has 11 heteroatoms. The molecule has 2 unspecified atom stereocenters. The summed E-state index contributed by atoms with van der Waals surface area (Å²) in [4.78, 5) is 14.6. The Hall–Kier alpha value is -3.41. The smallest absolute Gasteiger partial charge is 0.412 e. The lowest BCUT2D eigenvalue weighted by molar-refractivity contribution is -0.296. The van der Waals surface area contributed by atoms with Crippen LogP contribution >= 0.6 is 11.6 Å². The lowest BCUT2D eigenvalue weighted by atomic mass is 9.99. The number of halogens is 2. The average Bonchev–Trinajstić information content (AvgIpc) is 3.04. The van der Waals surface area contributed by atoms with Crippen molar-refractivity contribution in [3.63, 3.8) is 0 Å². The van der Waals surface area contributed by atoms with Gasteiger partial charge in [0.25, 0.3) is 0 Å². The third-order valence-electron chi connectivity index (χ3n) is 7.43. The molecule has 3 aromatic rings. The fraction of sp³-hybridized carbons (Fsp3) is 0.406. The van der Waals surface area contributed by atoms with Gasteiger partial charge in [0.05, 0.1) is 24.4 Å². The number of ether oxygens (including phenoxy) is 6. The number of benzene rings is 3. The zero-order valence-electron chi connectivity index (χ0n) is 24.8. The largest absolute Gasteiger partial charge is 0.496 e. The van der Waals surface area contributed by atoms with Crippen LogP contribution in [-0.2, 0) is 32.2 Å². The van der Waals surface area contributed by atoms with Crippen LogP contribution in [0.1, 0.15) is 30.9 Å². The van der Waals surface area contributed by atoms with E-state index in [1.165, 1.54) is 19.2 Å². The van der Waals surface area contributed by atoms with E-state index in [2.05, 4.69) is 10.2 Å². The number of rotatable bonds is 13. The van der Waals surface area contributed by atoms with Crippen molar-refractivity contribution in [3.05, 3.63) is 88.7 Å². The standard InChI is InChI=1S/C32H38ClFN2O7/c1-5-30(43-25-13-11-24(34)12-14-25)36-16-15-32(39-3,40-4)29(19-36)41-21-23-17-26(33)27(18-28(23)38-2)35-31(37)42-20-22-9-7-6-8-10-22/h6-14,17-18,29-30H,5,15-16,19-21H2,1-4H3,(H,35,37). The van der Waals surface area contributed by atoms with Crippen molar-refractivity contribution in [3.8, 4) is 11.5 Å². The summed E-state index contributed by atoms with van der Waals surface area (Å²) in [7, 11) is 4.72.